The topological polar surface area (TPSA) is 46.1 Å². The molecule has 3 aliphatic heterocycles. The van der Waals surface area contributed by atoms with E-state index in [1.807, 2.05) is 7.05 Å². The zero-order valence-corrected chi connectivity index (χ0v) is 15.9. The molecule has 138 valence electrons. The predicted octanol–water partition coefficient (Wildman–Crippen LogP) is 2.52. The lowest BCUT2D eigenvalue weighted by molar-refractivity contribution is -0.0836. The van der Waals surface area contributed by atoms with Crippen LogP contribution >= 0.6 is 0 Å². The summed E-state index contributed by atoms with van der Waals surface area (Å²) in [7, 11) is 1.90. The molecule has 1 N–H and O–H groups in total. The van der Waals surface area contributed by atoms with E-state index in [0.717, 1.165) is 45.4 Å². The summed E-state index contributed by atoms with van der Waals surface area (Å²) >= 11 is 0. The Bertz CT molecular complexity index is 452. The summed E-state index contributed by atoms with van der Waals surface area (Å²) in [5, 5.41) is 3.64. The Morgan fingerprint density at radius 1 is 1.29 bits per heavy atom. The minimum atomic E-state index is 0.190. The molecule has 3 saturated heterocycles. The molecule has 0 radical (unpaired) electrons. The van der Waals surface area contributed by atoms with Gasteiger partial charge in [-0.25, -0.2) is 0 Å². The average molecular weight is 338 g/mol. The Hall–Kier alpha value is -0.810. The first-order valence-electron chi connectivity index (χ1n) is 9.58. The first-order valence-corrected chi connectivity index (χ1v) is 9.58. The maximum absolute atomic E-state index is 6.11. The van der Waals surface area contributed by atoms with Gasteiger partial charge in [-0.3, -0.25) is 4.99 Å². The van der Waals surface area contributed by atoms with Crippen LogP contribution in [0.1, 0.15) is 46.5 Å². The van der Waals surface area contributed by atoms with Gasteiger partial charge in [-0.15, -0.1) is 0 Å². The summed E-state index contributed by atoms with van der Waals surface area (Å²) in [5.74, 6) is 1.61. The maximum Gasteiger partial charge on any atom is 0.193 e. The van der Waals surface area contributed by atoms with E-state index in [1.165, 1.54) is 25.7 Å². The third-order valence-electron chi connectivity index (χ3n) is 5.96. The summed E-state index contributed by atoms with van der Waals surface area (Å²) in [4.78, 5) is 6.97. The lowest BCUT2D eigenvalue weighted by Crippen LogP contribution is -2.48. The van der Waals surface area contributed by atoms with Crippen LogP contribution in [-0.2, 0) is 9.47 Å². The summed E-state index contributed by atoms with van der Waals surface area (Å²) in [6.07, 6.45) is 5.16. The van der Waals surface area contributed by atoms with Crippen molar-refractivity contribution in [3.63, 3.8) is 0 Å². The molecular weight excluding hydrogens is 302 g/mol. The van der Waals surface area contributed by atoms with Gasteiger partial charge in [0.15, 0.2) is 5.96 Å². The van der Waals surface area contributed by atoms with Crippen molar-refractivity contribution < 1.29 is 9.47 Å². The molecule has 3 fully saturated rings. The van der Waals surface area contributed by atoms with Crippen molar-refractivity contribution >= 4 is 5.96 Å². The van der Waals surface area contributed by atoms with Gasteiger partial charge in [-0.05, 0) is 31.1 Å². The van der Waals surface area contributed by atoms with Crippen LogP contribution in [-0.4, -0.2) is 63.5 Å². The van der Waals surface area contributed by atoms with Gasteiger partial charge >= 0.3 is 0 Å². The van der Waals surface area contributed by atoms with Gasteiger partial charge in [-0.2, -0.15) is 0 Å². The van der Waals surface area contributed by atoms with E-state index < -0.39 is 0 Å². The van der Waals surface area contributed by atoms with Gasteiger partial charge in [0.1, 0.15) is 0 Å². The summed E-state index contributed by atoms with van der Waals surface area (Å²) in [6.45, 7) is 12.7. The number of aliphatic imine (C=N–C) groups is 1. The van der Waals surface area contributed by atoms with E-state index in [2.05, 4.69) is 36.0 Å². The molecule has 0 amide bonds. The van der Waals surface area contributed by atoms with E-state index in [0.29, 0.717) is 17.4 Å². The molecule has 5 nitrogen and oxygen atoms in total. The van der Waals surface area contributed by atoms with Gasteiger partial charge in [-0.1, -0.05) is 20.8 Å². The minimum absolute atomic E-state index is 0.190. The van der Waals surface area contributed by atoms with Crippen LogP contribution in [0.2, 0.25) is 0 Å². The van der Waals surface area contributed by atoms with Crippen molar-refractivity contribution in [1.29, 1.82) is 0 Å². The molecule has 3 heterocycles. The fourth-order valence-corrected chi connectivity index (χ4v) is 4.65. The van der Waals surface area contributed by atoms with Crippen molar-refractivity contribution in [2.45, 2.75) is 52.6 Å². The molecule has 1 spiro atoms. The van der Waals surface area contributed by atoms with Crippen LogP contribution < -0.4 is 5.32 Å². The van der Waals surface area contributed by atoms with E-state index in [-0.39, 0.29) is 5.41 Å². The SMILES string of the molecule is CN=C(NCC1CCCOC1C(C)(C)C)N1CCC2(CCOC2)C1. The van der Waals surface area contributed by atoms with Crippen molar-refractivity contribution in [3.05, 3.63) is 0 Å². The monoisotopic (exact) mass is 337 g/mol. The summed E-state index contributed by atoms with van der Waals surface area (Å²) in [5.41, 5.74) is 0.564. The molecule has 0 aromatic heterocycles. The Morgan fingerprint density at radius 3 is 2.79 bits per heavy atom. The largest absolute Gasteiger partial charge is 0.381 e. The highest BCUT2D eigenvalue weighted by Gasteiger charge is 2.42. The summed E-state index contributed by atoms with van der Waals surface area (Å²) in [6, 6.07) is 0. The number of ether oxygens (including phenoxy) is 2. The number of hydrogen-bond acceptors (Lipinski definition) is 3. The second kappa shape index (κ2) is 7.20. The normalized spacial score (nSPS) is 35.0. The number of guanidine groups is 1. The molecule has 5 heteroatoms. The highest BCUT2D eigenvalue weighted by Crippen LogP contribution is 2.38. The zero-order chi connectivity index (χ0) is 17.2. The van der Waals surface area contributed by atoms with Crippen LogP contribution in [0.3, 0.4) is 0 Å². The predicted molar refractivity (Wildman–Crippen MR) is 97.3 cm³/mol. The fourth-order valence-electron chi connectivity index (χ4n) is 4.65. The molecule has 3 rings (SSSR count). The second-order valence-electron chi connectivity index (χ2n) is 8.96. The third kappa shape index (κ3) is 3.88. The molecular formula is C19H35N3O2. The lowest BCUT2D eigenvalue weighted by Gasteiger charge is -2.40. The molecule has 0 saturated carbocycles. The molecule has 3 atom stereocenters. The van der Waals surface area contributed by atoms with Gasteiger partial charge in [0.05, 0.1) is 12.7 Å². The van der Waals surface area contributed by atoms with Crippen LogP contribution in [0.4, 0.5) is 0 Å². The van der Waals surface area contributed by atoms with Crippen molar-refractivity contribution in [2.75, 3.05) is 46.5 Å². The average Bonchev–Trinajstić information content (AvgIpc) is 3.18. The Balaban J connectivity index is 1.56. The van der Waals surface area contributed by atoms with Crippen LogP contribution in [0, 0.1) is 16.7 Å². The number of nitrogens with one attached hydrogen (secondary N) is 1. The molecule has 24 heavy (non-hydrogen) atoms. The van der Waals surface area contributed by atoms with Crippen LogP contribution in [0.15, 0.2) is 4.99 Å². The Morgan fingerprint density at radius 2 is 2.12 bits per heavy atom. The lowest BCUT2D eigenvalue weighted by atomic mass is 9.78. The number of hydrogen-bond donors (Lipinski definition) is 1. The van der Waals surface area contributed by atoms with E-state index in [4.69, 9.17) is 9.47 Å². The maximum atomic E-state index is 6.11. The smallest absolute Gasteiger partial charge is 0.193 e. The molecule has 0 aromatic rings. The van der Waals surface area contributed by atoms with E-state index in [9.17, 15) is 0 Å². The third-order valence-corrected chi connectivity index (χ3v) is 5.96. The molecule has 3 aliphatic rings. The van der Waals surface area contributed by atoms with Crippen molar-refractivity contribution in [1.82, 2.24) is 10.2 Å². The van der Waals surface area contributed by atoms with Gasteiger partial charge < -0.3 is 19.7 Å². The van der Waals surface area contributed by atoms with Crippen LogP contribution in [0.5, 0.6) is 0 Å². The quantitative estimate of drug-likeness (QED) is 0.621. The number of likely N-dealkylation sites (tertiary alicyclic amines) is 1. The highest BCUT2D eigenvalue weighted by atomic mass is 16.5. The zero-order valence-electron chi connectivity index (χ0n) is 15.9. The van der Waals surface area contributed by atoms with Gasteiger partial charge in [0, 0.05) is 51.2 Å². The standard InChI is InChI=1S/C19H35N3O2/c1-18(2,3)16-15(6-5-10-24-16)12-21-17(20-4)22-9-7-19(13-22)8-11-23-14-19/h15-16H,5-14H2,1-4H3,(H,20,21). The van der Waals surface area contributed by atoms with E-state index >= 15 is 0 Å². The molecule has 3 unspecified atom stereocenters. The molecule has 0 bridgehead atoms. The minimum Gasteiger partial charge on any atom is -0.381 e. The Kier molecular flexibility index (Phi) is 5.40. The molecule has 0 aromatic carbocycles. The van der Waals surface area contributed by atoms with Crippen LogP contribution in [0.25, 0.3) is 0 Å². The number of rotatable bonds is 2. The fraction of sp³-hybridized carbons (Fsp3) is 0.947. The first-order chi connectivity index (χ1) is 11.4. The molecule has 0 aliphatic carbocycles. The van der Waals surface area contributed by atoms with Gasteiger partial charge in [0.2, 0.25) is 0 Å². The highest BCUT2D eigenvalue weighted by molar-refractivity contribution is 5.80. The second-order valence-corrected chi connectivity index (χ2v) is 8.96. The first kappa shape index (κ1) is 18.0. The van der Waals surface area contributed by atoms with E-state index in [1.54, 1.807) is 0 Å². The summed E-state index contributed by atoms with van der Waals surface area (Å²) < 4.78 is 11.8. The van der Waals surface area contributed by atoms with Gasteiger partial charge in [0.25, 0.3) is 0 Å². The van der Waals surface area contributed by atoms with Crippen molar-refractivity contribution in [2.24, 2.45) is 21.7 Å². The Labute approximate surface area is 147 Å². The number of nitrogens with zero attached hydrogens (tertiary/aromatic N) is 2. The van der Waals surface area contributed by atoms with Crippen molar-refractivity contribution in [3.8, 4) is 0 Å².